The van der Waals surface area contributed by atoms with Gasteiger partial charge in [-0.25, -0.2) is 0 Å². The Morgan fingerprint density at radius 2 is 1.08 bits per heavy atom. The van der Waals surface area contributed by atoms with Gasteiger partial charge >= 0.3 is 0 Å². The molecule has 0 bridgehead atoms. The van der Waals surface area contributed by atoms with E-state index in [4.69, 9.17) is 0 Å². The second-order valence-electron chi connectivity index (χ2n) is 10.0. The third kappa shape index (κ3) is 4.07. The van der Waals surface area contributed by atoms with Crippen LogP contribution in [0.5, 0.6) is 0 Å². The maximum Gasteiger partial charge on any atom is 0.0938 e. The molecular formula is C23H41OP. The fraction of sp³-hybridized carbons (Fsp3) is 1.00. The van der Waals surface area contributed by atoms with Crippen molar-refractivity contribution in [1.82, 2.24) is 0 Å². The molecule has 0 saturated heterocycles. The maximum absolute atomic E-state index is 14.7. The van der Waals surface area contributed by atoms with E-state index in [1.54, 1.807) is 0 Å². The molecule has 3 atom stereocenters. The molecule has 0 spiro atoms. The Hall–Kier alpha value is 0.230. The van der Waals surface area contributed by atoms with Crippen LogP contribution < -0.4 is 0 Å². The Morgan fingerprint density at radius 3 is 1.72 bits per heavy atom. The molecule has 0 aromatic carbocycles. The highest BCUT2D eigenvalue weighted by Gasteiger charge is 2.45. The van der Waals surface area contributed by atoms with Crippen molar-refractivity contribution in [1.29, 1.82) is 0 Å². The average molecular weight is 365 g/mol. The minimum absolute atomic E-state index is 0.619. The van der Waals surface area contributed by atoms with Gasteiger partial charge in [0.15, 0.2) is 0 Å². The van der Waals surface area contributed by atoms with Crippen LogP contribution in [0, 0.1) is 17.8 Å². The van der Waals surface area contributed by atoms with E-state index in [-0.39, 0.29) is 0 Å². The first-order chi connectivity index (χ1) is 12.3. The van der Waals surface area contributed by atoms with Gasteiger partial charge in [-0.05, 0) is 56.3 Å². The standard InChI is InChI=1S/C23H41OP/c24-25(21-13-3-1-4-14-21,22-15-5-2-6-16-22)18-20-12-9-11-19-10-7-8-17-23(19)20/h19-23H,1-18H2. The molecular weight excluding hydrogens is 323 g/mol. The van der Waals surface area contributed by atoms with Crippen LogP contribution in [-0.4, -0.2) is 17.5 Å². The van der Waals surface area contributed by atoms with Crippen LogP contribution in [0.15, 0.2) is 0 Å². The molecule has 4 fully saturated rings. The van der Waals surface area contributed by atoms with Crippen molar-refractivity contribution in [2.75, 3.05) is 6.16 Å². The van der Waals surface area contributed by atoms with E-state index < -0.39 is 7.14 Å². The van der Waals surface area contributed by atoms with Gasteiger partial charge < -0.3 is 4.57 Å². The summed E-state index contributed by atoms with van der Waals surface area (Å²) in [5.74, 6) is 2.77. The van der Waals surface area contributed by atoms with Gasteiger partial charge in [-0.15, -0.1) is 0 Å². The molecule has 4 rings (SSSR count). The van der Waals surface area contributed by atoms with Crippen LogP contribution in [0.25, 0.3) is 0 Å². The first kappa shape index (κ1) is 18.6. The summed E-state index contributed by atoms with van der Waals surface area (Å²) in [7, 11) is -2.00. The normalized spacial score (nSPS) is 36.1. The molecule has 0 aromatic heterocycles. The quantitative estimate of drug-likeness (QED) is 0.469. The van der Waals surface area contributed by atoms with Crippen molar-refractivity contribution < 1.29 is 4.57 Å². The number of hydrogen-bond acceptors (Lipinski definition) is 1. The number of rotatable bonds is 4. The molecule has 4 aliphatic rings. The van der Waals surface area contributed by atoms with Crippen molar-refractivity contribution in [3.63, 3.8) is 0 Å². The summed E-state index contributed by atoms with van der Waals surface area (Å²) in [5.41, 5.74) is 1.24. The average Bonchev–Trinajstić information content (AvgIpc) is 2.69. The van der Waals surface area contributed by atoms with Gasteiger partial charge in [-0.1, -0.05) is 70.6 Å². The largest absolute Gasteiger partial charge is 0.323 e. The van der Waals surface area contributed by atoms with Crippen molar-refractivity contribution in [2.45, 2.75) is 120 Å². The zero-order valence-electron chi connectivity index (χ0n) is 16.5. The van der Waals surface area contributed by atoms with Crippen LogP contribution in [0.1, 0.15) is 109 Å². The van der Waals surface area contributed by atoms with E-state index in [0.29, 0.717) is 11.3 Å². The first-order valence-electron chi connectivity index (χ1n) is 11.9. The van der Waals surface area contributed by atoms with Gasteiger partial charge in [0, 0.05) is 17.5 Å². The fourth-order valence-corrected chi connectivity index (χ4v) is 12.2. The van der Waals surface area contributed by atoms with Gasteiger partial charge in [-0.3, -0.25) is 0 Å². The van der Waals surface area contributed by atoms with Gasteiger partial charge in [-0.2, -0.15) is 0 Å². The van der Waals surface area contributed by atoms with E-state index in [2.05, 4.69) is 0 Å². The Morgan fingerprint density at radius 1 is 0.560 bits per heavy atom. The summed E-state index contributed by atoms with van der Waals surface area (Å²) in [6, 6.07) is 0. The molecule has 4 aliphatic carbocycles. The van der Waals surface area contributed by atoms with Gasteiger partial charge in [0.1, 0.15) is 0 Å². The highest BCUT2D eigenvalue weighted by molar-refractivity contribution is 7.65. The second kappa shape index (κ2) is 8.50. The predicted molar refractivity (Wildman–Crippen MR) is 109 cm³/mol. The topological polar surface area (TPSA) is 17.1 Å². The van der Waals surface area contributed by atoms with Crippen molar-refractivity contribution >= 4 is 7.14 Å². The molecule has 0 heterocycles. The molecule has 2 heteroatoms. The monoisotopic (exact) mass is 364 g/mol. The number of hydrogen-bond donors (Lipinski definition) is 0. The molecule has 0 N–H and O–H groups in total. The maximum atomic E-state index is 14.7. The summed E-state index contributed by atoms with van der Waals surface area (Å²) in [5, 5.41) is 0. The molecule has 0 aromatic rings. The summed E-state index contributed by atoms with van der Waals surface area (Å²) in [6.07, 6.45) is 24.8. The van der Waals surface area contributed by atoms with Crippen LogP contribution >= 0.6 is 7.14 Å². The fourth-order valence-electron chi connectivity index (χ4n) is 7.30. The molecule has 1 nitrogen and oxygen atoms in total. The SMILES string of the molecule is O=P(CC1CCCC2CCCCC21)(C1CCCCC1)C1CCCCC1. The zero-order valence-corrected chi connectivity index (χ0v) is 17.4. The molecule has 144 valence electrons. The van der Waals surface area contributed by atoms with Crippen LogP contribution in [0.3, 0.4) is 0 Å². The third-order valence-corrected chi connectivity index (χ3v) is 13.2. The Labute approximate surface area is 156 Å². The van der Waals surface area contributed by atoms with E-state index in [0.717, 1.165) is 17.8 Å². The van der Waals surface area contributed by atoms with E-state index in [1.165, 1.54) is 115 Å². The van der Waals surface area contributed by atoms with E-state index in [9.17, 15) is 4.57 Å². The minimum Gasteiger partial charge on any atom is -0.323 e. The van der Waals surface area contributed by atoms with Crippen LogP contribution in [0.4, 0.5) is 0 Å². The van der Waals surface area contributed by atoms with Gasteiger partial charge in [0.2, 0.25) is 0 Å². The highest BCUT2D eigenvalue weighted by Crippen LogP contribution is 2.65. The lowest BCUT2D eigenvalue weighted by molar-refractivity contribution is 0.115. The first-order valence-corrected chi connectivity index (χ1v) is 13.9. The molecule has 25 heavy (non-hydrogen) atoms. The minimum atomic E-state index is -2.00. The highest BCUT2D eigenvalue weighted by atomic mass is 31.2. The third-order valence-electron chi connectivity index (χ3n) is 8.63. The Kier molecular flexibility index (Phi) is 6.32. The summed E-state index contributed by atoms with van der Waals surface area (Å²) < 4.78 is 14.7. The molecule has 4 saturated carbocycles. The van der Waals surface area contributed by atoms with Crippen LogP contribution in [-0.2, 0) is 4.57 Å². The Balaban J connectivity index is 1.53. The Bertz CT molecular complexity index is 437. The summed E-state index contributed by atoms with van der Waals surface area (Å²) >= 11 is 0. The smallest absolute Gasteiger partial charge is 0.0938 e. The zero-order chi connectivity index (χ0) is 17.1. The van der Waals surface area contributed by atoms with Crippen molar-refractivity contribution in [3.8, 4) is 0 Å². The molecule has 0 aliphatic heterocycles. The summed E-state index contributed by atoms with van der Waals surface area (Å²) in [6.45, 7) is 0. The molecule has 0 amide bonds. The lowest BCUT2D eigenvalue weighted by Crippen LogP contribution is -2.35. The second-order valence-corrected chi connectivity index (χ2v) is 13.6. The lowest BCUT2D eigenvalue weighted by atomic mass is 9.66. The van der Waals surface area contributed by atoms with Gasteiger partial charge in [0.25, 0.3) is 0 Å². The summed E-state index contributed by atoms with van der Waals surface area (Å²) in [4.78, 5) is 0. The van der Waals surface area contributed by atoms with Gasteiger partial charge in [0.05, 0.1) is 7.14 Å². The lowest BCUT2D eigenvalue weighted by Gasteiger charge is -2.46. The van der Waals surface area contributed by atoms with E-state index >= 15 is 0 Å². The van der Waals surface area contributed by atoms with Crippen LogP contribution in [0.2, 0.25) is 0 Å². The molecule has 3 unspecified atom stereocenters. The van der Waals surface area contributed by atoms with E-state index in [1.807, 2.05) is 0 Å². The van der Waals surface area contributed by atoms with Crippen molar-refractivity contribution in [3.05, 3.63) is 0 Å². The molecule has 0 radical (unpaired) electrons. The predicted octanol–water partition coefficient (Wildman–Crippen LogP) is 7.62. The number of fused-ring (bicyclic) bond motifs is 1. The van der Waals surface area contributed by atoms with Crippen molar-refractivity contribution in [2.24, 2.45) is 17.8 Å².